The molecule has 4 rings (SSSR count). The Labute approximate surface area is 186 Å². The fourth-order valence-electron chi connectivity index (χ4n) is 3.60. The van der Waals surface area contributed by atoms with Gasteiger partial charge in [-0.25, -0.2) is 4.79 Å². The Balaban J connectivity index is 1.95. The van der Waals surface area contributed by atoms with Gasteiger partial charge < -0.3 is 10.2 Å². The molecule has 31 heavy (non-hydrogen) atoms. The van der Waals surface area contributed by atoms with Crippen molar-refractivity contribution >= 4 is 45.0 Å². The molecule has 0 aromatic heterocycles. The molecule has 1 atom stereocenters. The molecule has 6 nitrogen and oxygen atoms in total. The number of rotatable bonds is 4. The molecule has 3 aromatic rings. The second kappa shape index (κ2) is 8.20. The minimum atomic E-state index is -1.15. The number of hydrogen-bond acceptors (Lipinski definition) is 4. The number of ketones is 1. The zero-order chi connectivity index (χ0) is 22.1. The van der Waals surface area contributed by atoms with Gasteiger partial charge in [-0.3, -0.25) is 14.5 Å². The van der Waals surface area contributed by atoms with E-state index in [0.29, 0.717) is 11.1 Å². The molecule has 2 N–H and O–H groups in total. The number of carbonyl (C=O) groups is 3. The second-order valence-corrected chi connectivity index (χ2v) is 7.86. The van der Waals surface area contributed by atoms with Crippen LogP contribution in [0.3, 0.4) is 0 Å². The molecule has 0 spiro atoms. The van der Waals surface area contributed by atoms with Crippen molar-refractivity contribution in [3.63, 3.8) is 0 Å². The molecular formula is C24H16BrNO5. The molecule has 0 saturated carbocycles. The largest absolute Gasteiger partial charge is 0.507 e. The first-order valence-corrected chi connectivity index (χ1v) is 10.1. The summed E-state index contributed by atoms with van der Waals surface area (Å²) in [5, 5.41) is 20.3. The number of halogens is 1. The first-order chi connectivity index (χ1) is 14.9. The van der Waals surface area contributed by atoms with Gasteiger partial charge in [0.05, 0.1) is 17.2 Å². The van der Waals surface area contributed by atoms with E-state index < -0.39 is 23.7 Å². The number of hydrogen-bond donors (Lipinski definition) is 2. The van der Waals surface area contributed by atoms with Crippen LogP contribution in [0.5, 0.6) is 0 Å². The van der Waals surface area contributed by atoms with E-state index >= 15 is 0 Å². The number of Topliss-reactive ketones (excluding diaryl/α,β-unsaturated/α-hetero) is 1. The van der Waals surface area contributed by atoms with Crippen LogP contribution >= 0.6 is 15.9 Å². The Bertz CT molecular complexity index is 1220. The topological polar surface area (TPSA) is 94.9 Å². The number of carboxylic acid groups (broad SMARTS) is 1. The van der Waals surface area contributed by atoms with Crippen molar-refractivity contribution in [2.75, 3.05) is 4.90 Å². The zero-order valence-electron chi connectivity index (χ0n) is 16.0. The summed E-state index contributed by atoms with van der Waals surface area (Å²) < 4.78 is 0.809. The highest BCUT2D eigenvalue weighted by molar-refractivity contribution is 9.10. The van der Waals surface area contributed by atoms with E-state index in [1.807, 2.05) is 0 Å². The highest BCUT2D eigenvalue weighted by Crippen LogP contribution is 2.42. The molecular weight excluding hydrogens is 462 g/mol. The summed E-state index contributed by atoms with van der Waals surface area (Å²) in [7, 11) is 0. The van der Waals surface area contributed by atoms with Crippen LogP contribution in [0.2, 0.25) is 0 Å². The minimum Gasteiger partial charge on any atom is -0.507 e. The van der Waals surface area contributed by atoms with Crippen molar-refractivity contribution in [1.29, 1.82) is 0 Å². The Morgan fingerprint density at radius 1 is 0.839 bits per heavy atom. The summed E-state index contributed by atoms with van der Waals surface area (Å²) in [6.45, 7) is 0. The lowest BCUT2D eigenvalue weighted by Gasteiger charge is -2.25. The fraction of sp³-hybridized carbons (Fsp3) is 0.0417. The van der Waals surface area contributed by atoms with Crippen LogP contribution in [0, 0.1) is 0 Å². The van der Waals surface area contributed by atoms with Gasteiger partial charge in [-0.05, 0) is 35.9 Å². The van der Waals surface area contributed by atoms with Gasteiger partial charge in [0.15, 0.2) is 0 Å². The number of carbonyl (C=O) groups excluding carboxylic acids is 2. The SMILES string of the molecule is O=C1C(=O)N(c2cccc(C(=O)O)c2)[C@H](c2ccc(Br)cc2)/C1=C(\O)c1ccccc1. The van der Waals surface area contributed by atoms with Gasteiger partial charge in [-0.15, -0.1) is 0 Å². The maximum Gasteiger partial charge on any atom is 0.335 e. The monoisotopic (exact) mass is 477 g/mol. The van der Waals surface area contributed by atoms with E-state index in [2.05, 4.69) is 15.9 Å². The number of aliphatic hydroxyl groups is 1. The van der Waals surface area contributed by atoms with E-state index in [4.69, 9.17) is 0 Å². The van der Waals surface area contributed by atoms with E-state index in [-0.39, 0.29) is 22.6 Å². The fourth-order valence-corrected chi connectivity index (χ4v) is 3.86. The Morgan fingerprint density at radius 2 is 1.48 bits per heavy atom. The summed E-state index contributed by atoms with van der Waals surface area (Å²) in [6.07, 6.45) is 0. The quantitative estimate of drug-likeness (QED) is 0.320. The van der Waals surface area contributed by atoms with Crippen molar-refractivity contribution < 1.29 is 24.6 Å². The third kappa shape index (κ3) is 3.75. The maximum atomic E-state index is 13.1. The smallest absolute Gasteiger partial charge is 0.335 e. The molecule has 1 aliphatic rings. The highest BCUT2D eigenvalue weighted by atomic mass is 79.9. The molecule has 0 radical (unpaired) electrons. The lowest BCUT2D eigenvalue weighted by molar-refractivity contribution is -0.132. The average molecular weight is 478 g/mol. The molecule has 0 aliphatic carbocycles. The van der Waals surface area contributed by atoms with Crippen molar-refractivity contribution in [3.05, 3.63) is 106 Å². The van der Waals surface area contributed by atoms with Crippen LogP contribution in [0.4, 0.5) is 5.69 Å². The predicted octanol–water partition coefficient (Wildman–Crippen LogP) is 4.77. The molecule has 0 bridgehead atoms. The van der Waals surface area contributed by atoms with Crippen LogP contribution in [0.25, 0.3) is 5.76 Å². The van der Waals surface area contributed by atoms with Gasteiger partial charge in [-0.2, -0.15) is 0 Å². The number of benzene rings is 3. The van der Waals surface area contributed by atoms with Gasteiger partial charge >= 0.3 is 5.97 Å². The zero-order valence-corrected chi connectivity index (χ0v) is 17.6. The molecule has 1 saturated heterocycles. The van der Waals surface area contributed by atoms with Gasteiger partial charge in [0.1, 0.15) is 5.76 Å². The van der Waals surface area contributed by atoms with Crippen molar-refractivity contribution in [3.8, 4) is 0 Å². The Kier molecular flexibility index (Phi) is 5.44. The Hall–Kier alpha value is -3.71. The van der Waals surface area contributed by atoms with Crippen LogP contribution in [-0.4, -0.2) is 27.9 Å². The van der Waals surface area contributed by atoms with Gasteiger partial charge in [0.2, 0.25) is 0 Å². The molecule has 3 aromatic carbocycles. The third-order valence-corrected chi connectivity index (χ3v) is 5.58. The number of aliphatic hydroxyl groups excluding tert-OH is 1. The van der Waals surface area contributed by atoms with Crippen LogP contribution in [-0.2, 0) is 9.59 Å². The molecule has 0 unspecified atom stereocenters. The Morgan fingerprint density at radius 3 is 2.13 bits per heavy atom. The highest BCUT2D eigenvalue weighted by Gasteiger charge is 2.47. The maximum absolute atomic E-state index is 13.1. The molecule has 1 heterocycles. The average Bonchev–Trinajstić information content (AvgIpc) is 3.05. The number of amides is 1. The van der Waals surface area contributed by atoms with Gasteiger partial charge in [0, 0.05) is 15.7 Å². The van der Waals surface area contributed by atoms with Crippen molar-refractivity contribution in [2.45, 2.75) is 6.04 Å². The number of anilines is 1. The third-order valence-electron chi connectivity index (χ3n) is 5.05. The summed E-state index contributed by atoms with van der Waals surface area (Å²) in [5.41, 5.74) is 1.18. The normalized spacial score (nSPS) is 17.7. The summed E-state index contributed by atoms with van der Waals surface area (Å²) in [5.74, 6) is -3.12. The second-order valence-electron chi connectivity index (χ2n) is 6.94. The summed E-state index contributed by atoms with van der Waals surface area (Å²) >= 11 is 3.37. The molecule has 1 amide bonds. The van der Waals surface area contributed by atoms with E-state index in [9.17, 15) is 24.6 Å². The van der Waals surface area contributed by atoms with Gasteiger partial charge in [-0.1, -0.05) is 64.5 Å². The van der Waals surface area contributed by atoms with Crippen molar-refractivity contribution in [1.82, 2.24) is 0 Å². The number of aromatic carboxylic acids is 1. The van der Waals surface area contributed by atoms with E-state index in [1.54, 1.807) is 60.7 Å². The van der Waals surface area contributed by atoms with E-state index in [0.717, 1.165) is 4.47 Å². The molecule has 1 fully saturated rings. The van der Waals surface area contributed by atoms with Crippen LogP contribution in [0.15, 0.2) is 88.9 Å². The lowest BCUT2D eigenvalue weighted by Crippen LogP contribution is -2.29. The molecule has 1 aliphatic heterocycles. The number of carboxylic acids is 1. The van der Waals surface area contributed by atoms with Crippen LogP contribution in [0.1, 0.15) is 27.5 Å². The van der Waals surface area contributed by atoms with Gasteiger partial charge in [0.25, 0.3) is 11.7 Å². The first kappa shape index (κ1) is 20.6. The standard InChI is InChI=1S/C24H16BrNO5/c25-17-11-9-14(10-12-17)20-19(21(27)15-5-2-1-3-6-15)22(28)23(29)26(20)18-8-4-7-16(13-18)24(30)31/h1-13,20,27H,(H,30,31)/b21-19+/t20-/m1/s1. The predicted molar refractivity (Wildman–Crippen MR) is 119 cm³/mol. The number of nitrogens with zero attached hydrogens (tertiary/aromatic N) is 1. The summed E-state index contributed by atoms with van der Waals surface area (Å²) in [4.78, 5) is 38.8. The van der Waals surface area contributed by atoms with Crippen molar-refractivity contribution in [2.24, 2.45) is 0 Å². The summed E-state index contributed by atoms with van der Waals surface area (Å²) in [6, 6.07) is 20.4. The van der Waals surface area contributed by atoms with E-state index in [1.165, 1.54) is 23.1 Å². The minimum absolute atomic E-state index is 0.0167. The molecule has 154 valence electrons. The van der Waals surface area contributed by atoms with Crippen LogP contribution < -0.4 is 4.90 Å². The lowest BCUT2D eigenvalue weighted by atomic mass is 9.95. The molecule has 7 heteroatoms. The first-order valence-electron chi connectivity index (χ1n) is 9.33.